The molecule has 0 saturated heterocycles. The number of nitriles is 1. The van der Waals surface area contributed by atoms with Crippen molar-refractivity contribution in [2.75, 3.05) is 6.61 Å². The van der Waals surface area contributed by atoms with Crippen LogP contribution in [0.15, 0.2) is 36.4 Å². The van der Waals surface area contributed by atoms with E-state index in [1.807, 2.05) is 0 Å². The molecule has 0 spiro atoms. The lowest BCUT2D eigenvalue weighted by Gasteiger charge is -2.37. The third-order valence-corrected chi connectivity index (χ3v) is 8.06. The van der Waals surface area contributed by atoms with Crippen molar-refractivity contribution >= 4 is 5.97 Å². The fraction of sp³-hybridized carbons (Fsp3) is 0.533. The molecule has 0 atom stereocenters. The van der Waals surface area contributed by atoms with E-state index < -0.39 is 23.2 Å². The maximum Gasteiger partial charge on any atom is 0.343 e. The van der Waals surface area contributed by atoms with Gasteiger partial charge in [0.15, 0.2) is 0 Å². The number of halogens is 2. The average molecular weight is 496 g/mol. The van der Waals surface area contributed by atoms with Gasteiger partial charge in [-0.3, -0.25) is 0 Å². The number of hydrogen-bond acceptors (Lipinski definition) is 4. The van der Waals surface area contributed by atoms with E-state index in [-0.39, 0.29) is 11.3 Å². The lowest BCUT2D eigenvalue weighted by Crippen LogP contribution is -2.27. The first-order chi connectivity index (χ1) is 17.5. The summed E-state index contributed by atoms with van der Waals surface area (Å²) in [6.45, 7) is 2.97. The Morgan fingerprint density at radius 3 is 1.97 bits per heavy atom. The van der Waals surface area contributed by atoms with Gasteiger partial charge in [0.05, 0.1) is 12.2 Å². The number of carbonyl (C=O) groups is 1. The predicted octanol–water partition coefficient (Wildman–Crippen LogP) is 7.85. The average Bonchev–Trinajstić information content (AvgIpc) is 2.88. The summed E-state index contributed by atoms with van der Waals surface area (Å²) < 4.78 is 38.5. The molecule has 2 fully saturated rings. The number of carbonyl (C=O) groups excluding carboxylic acids is 1. The number of benzene rings is 2. The first-order valence-electron chi connectivity index (χ1n) is 13.3. The second-order valence-corrected chi connectivity index (χ2v) is 10.4. The topological polar surface area (TPSA) is 59.3 Å². The van der Waals surface area contributed by atoms with Gasteiger partial charge in [0, 0.05) is 12.1 Å². The van der Waals surface area contributed by atoms with Gasteiger partial charge >= 0.3 is 5.97 Å². The van der Waals surface area contributed by atoms with E-state index in [9.17, 15) is 13.6 Å². The maximum absolute atomic E-state index is 13.7. The SMILES string of the molecule is CCCC1CCC(C2CCC(COc3ccc(C(=O)Oc4cc(F)c(C#N)c(F)c4)cc3)CC2)CC1. The smallest absolute Gasteiger partial charge is 0.343 e. The molecule has 0 amide bonds. The zero-order valence-corrected chi connectivity index (χ0v) is 21.0. The van der Waals surface area contributed by atoms with Crippen LogP contribution < -0.4 is 9.47 Å². The van der Waals surface area contributed by atoms with Crippen LogP contribution in [0, 0.1) is 46.6 Å². The van der Waals surface area contributed by atoms with Gasteiger partial charge in [0.25, 0.3) is 0 Å². The minimum absolute atomic E-state index is 0.238. The molecule has 0 heterocycles. The molecule has 2 aromatic rings. The van der Waals surface area contributed by atoms with Crippen LogP contribution in [0.1, 0.15) is 87.1 Å². The summed E-state index contributed by atoms with van der Waals surface area (Å²) in [6.07, 6.45) is 13.4. The van der Waals surface area contributed by atoms with Crippen molar-refractivity contribution < 1.29 is 23.0 Å². The summed E-state index contributed by atoms with van der Waals surface area (Å²) >= 11 is 0. The second-order valence-electron chi connectivity index (χ2n) is 10.4. The van der Waals surface area contributed by atoms with E-state index in [1.54, 1.807) is 24.3 Å². The summed E-state index contributed by atoms with van der Waals surface area (Å²) in [4.78, 5) is 12.3. The third kappa shape index (κ3) is 6.63. The lowest BCUT2D eigenvalue weighted by atomic mass is 9.69. The molecule has 2 aliphatic rings. The van der Waals surface area contributed by atoms with E-state index >= 15 is 0 Å². The number of hydrogen-bond donors (Lipinski definition) is 0. The van der Waals surface area contributed by atoms with Gasteiger partial charge in [0.1, 0.15) is 34.8 Å². The van der Waals surface area contributed by atoms with Gasteiger partial charge in [-0.15, -0.1) is 0 Å². The lowest BCUT2D eigenvalue weighted by molar-refractivity contribution is 0.0734. The number of rotatable bonds is 8. The monoisotopic (exact) mass is 495 g/mol. The highest BCUT2D eigenvalue weighted by molar-refractivity contribution is 5.91. The molecule has 0 bridgehead atoms. The van der Waals surface area contributed by atoms with E-state index in [2.05, 4.69) is 6.92 Å². The minimum Gasteiger partial charge on any atom is -0.493 e. The zero-order valence-electron chi connectivity index (χ0n) is 21.0. The van der Waals surface area contributed by atoms with E-state index in [0.29, 0.717) is 18.3 Å². The van der Waals surface area contributed by atoms with Crippen molar-refractivity contribution in [3.63, 3.8) is 0 Å². The fourth-order valence-electron chi connectivity index (χ4n) is 5.97. The molecule has 192 valence electrons. The number of ether oxygens (including phenoxy) is 2. The van der Waals surface area contributed by atoms with Crippen LogP contribution in [0.3, 0.4) is 0 Å². The van der Waals surface area contributed by atoms with Gasteiger partial charge in [-0.2, -0.15) is 5.26 Å². The highest BCUT2D eigenvalue weighted by Crippen LogP contribution is 2.42. The Morgan fingerprint density at radius 1 is 0.889 bits per heavy atom. The van der Waals surface area contributed by atoms with Crippen molar-refractivity contribution in [1.29, 1.82) is 5.26 Å². The molecular formula is C30H35F2NO3. The Hall–Kier alpha value is -2.94. The summed E-state index contributed by atoms with van der Waals surface area (Å²) in [5, 5.41) is 8.74. The summed E-state index contributed by atoms with van der Waals surface area (Å²) in [6, 6.07) is 9.63. The molecule has 2 aromatic carbocycles. The van der Waals surface area contributed by atoms with Crippen LogP contribution in [-0.2, 0) is 0 Å². The van der Waals surface area contributed by atoms with Gasteiger partial charge in [-0.05, 0) is 86.5 Å². The molecule has 0 aromatic heterocycles. The standard InChI is InChI=1S/C30H35F2NO3/c1-2-3-20-4-8-22(9-5-20)23-10-6-21(7-11-23)19-35-25-14-12-24(13-15-25)30(34)36-26-16-28(31)27(18-33)29(32)17-26/h12-17,20-23H,2-11,19H2,1H3. The molecule has 4 rings (SSSR count). The summed E-state index contributed by atoms with van der Waals surface area (Å²) in [5.74, 6) is 0.825. The van der Waals surface area contributed by atoms with Crippen molar-refractivity contribution in [3.05, 3.63) is 59.2 Å². The molecular weight excluding hydrogens is 460 g/mol. The van der Waals surface area contributed by atoms with Crippen LogP contribution in [0.2, 0.25) is 0 Å². The Bertz CT molecular complexity index is 1040. The Labute approximate surface area is 212 Å². The van der Waals surface area contributed by atoms with Crippen LogP contribution in [0.4, 0.5) is 8.78 Å². The first-order valence-corrected chi connectivity index (χ1v) is 13.3. The van der Waals surface area contributed by atoms with Crippen LogP contribution in [0.25, 0.3) is 0 Å². The number of esters is 1. The molecule has 0 unspecified atom stereocenters. The first kappa shape index (κ1) is 26.1. The number of nitrogens with zero attached hydrogens (tertiary/aromatic N) is 1. The second kappa shape index (κ2) is 12.3. The fourth-order valence-corrected chi connectivity index (χ4v) is 5.97. The molecule has 0 aliphatic heterocycles. The Kier molecular flexibility index (Phi) is 8.96. The largest absolute Gasteiger partial charge is 0.493 e. The molecule has 6 heteroatoms. The highest BCUT2D eigenvalue weighted by atomic mass is 19.1. The van der Waals surface area contributed by atoms with Crippen LogP contribution in [0.5, 0.6) is 11.5 Å². The molecule has 0 radical (unpaired) electrons. The molecule has 2 aliphatic carbocycles. The minimum atomic E-state index is -1.07. The molecule has 2 saturated carbocycles. The normalized spacial score (nSPS) is 24.1. The van der Waals surface area contributed by atoms with Gasteiger partial charge in [-0.1, -0.05) is 32.6 Å². The summed E-state index contributed by atoms with van der Waals surface area (Å²) in [7, 11) is 0. The molecule has 0 N–H and O–H groups in total. The quantitative estimate of drug-likeness (QED) is 0.276. The van der Waals surface area contributed by atoms with E-state index in [0.717, 1.165) is 29.9 Å². The van der Waals surface area contributed by atoms with Crippen molar-refractivity contribution in [2.24, 2.45) is 23.7 Å². The molecule has 4 nitrogen and oxygen atoms in total. The van der Waals surface area contributed by atoms with Crippen molar-refractivity contribution in [1.82, 2.24) is 0 Å². The Morgan fingerprint density at radius 2 is 1.44 bits per heavy atom. The summed E-state index contributed by atoms with van der Waals surface area (Å²) in [5.41, 5.74) is -0.471. The van der Waals surface area contributed by atoms with Crippen molar-refractivity contribution in [3.8, 4) is 17.6 Å². The Balaban J connectivity index is 1.21. The van der Waals surface area contributed by atoms with Crippen LogP contribution >= 0.6 is 0 Å². The van der Waals surface area contributed by atoms with E-state index in [4.69, 9.17) is 14.7 Å². The molecule has 36 heavy (non-hydrogen) atoms. The zero-order chi connectivity index (χ0) is 25.5. The highest BCUT2D eigenvalue weighted by Gasteiger charge is 2.30. The predicted molar refractivity (Wildman–Crippen MR) is 134 cm³/mol. The third-order valence-electron chi connectivity index (χ3n) is 8.06. The van der Waals surface area contributed by atoms with Gasteiger partial charge in [-0.25, -0.2) is 13.6 Å². The maximum atomic E-state index is 13.7. The van der Waals surface area contributed by atoms with Gasteiger partial charge in [0.2, 0.25) is 0 Å². The van der Waals surface area contributed by atoms with Crippen LogP contribution in [-0.4, -0.2) is 12.6 Å². The van der Waals surface area contributed by atoms with E-state index in [1.165, 1.54) is 70.3 Å². The van der Waals surface area contributed by atoms with Crippen molar-refractivity contribution in [2.45, 2.75) is 71.1 Å². The van der Waals surface area contributed by atoms with Gasteiger partial charge < -0.3 is 9.47 Å².